The van der Waals surface area contributed by atoms with Gasteiger partial charge in [0.2, 0.25) is 5.91 Å². The van der Waals surface area contributed by atoms with E-state index in [2.05, 4.69) is 9.62 Å². The van der Waals surface area contributed by atoms with Crippen molar-refractivity contribution < 1.29 is 23.1 Å². The van der Waals surface area contributed by atoms with Gasteiger partial charge in [0, 0.05) is 42.0 Å². The molecule has 2 atom stereocenters. The number of nitrogens with zero attached hydrogens (tertiary/aromatic N) is 2. The van der Waals surface area contributed by atoms with E-state index < -0.39 is 27.4 Å². The fourth-order valence-electron chi connectivity index (χ4n) is 4.92. The zero-order chi connectivity index (χ0) is 27.1. The molecule has 1 saturated heterocycles. The van der Waals surface area contributed by atoms with Crippen LogP contribution in [0.15, 0.2) is 64.9 Å². The number of carboxylic acids is 1. The minimum absolute atomic E-state index is 0.0129. The second kappa shape index (κ2) is 10.4. The first kappa shape index (κ1) is 26.8. The Hall–Kier alpha value is -2.76. The van der Waals surface area contributed by atoms with Gasteiger partial charge in [-0.05, 0) is 54.4 Å². The van der Waals surface area contributed by atoms with Gasteiger partial charge in [0.15, 0.2) is 0 Å². The number of halogens is 1. The summed E-state index contributed by atoms with van der Waals surface area (Å²) in [6.07, 6.45) is 0.255. The monoisotopic (exact) mass is 573 g/mol. The average Bonchev–Trinajstić information content (AvgIpc) is 3.37. The molecule has 38 heavy (non-hydrogen) atoms. The number of carbonyl (C=O) groups excluding carboxylic acids is 1. The third kappa shape index (κ3) is 5.37. The number of amides is 1. The molecular formula is C27H28ClN3O5S2. The maximum atomic E-state index is 13.3. The van der Waals surface area contributed by atoms with Crippen LogP contribution in [0.25, 0.3) is 10.4 Å². The van der Waals surface area contributed by atoms with E-state index in [0.29, 0.717) is 23.7 Å². The van der Waals surface area contributed by atoms with Gasteiger partial charge >= 0.3 is 5.97 Å². The molecule has 3 aromatic rings. The minimum Gasteiger partial charge on any atom is -0.480 e. The van der Waals surface area contributed by atoms with Crippen LogP contribution in [0.2, 0.25) is 5.02 Å². The average molecular weight is 574 g/mol. The van der Waals surface area contributed by atoms with Gasteiger partial charge < -0.3 is 14.9 Å². The van der Waals surface area contributed by atoms with E-state index in [9.17, 15) is 23.1 Å². The largest absolute Gasteiger partial charge is 0.480 e. The normalized spacial score (nSPS) is 21.8. The van der Waals surface area contributed by atoms with E-state index in [1.165, 1.54) is 6.07 Å². The summed E-state index contributed by atoms with van der Waals surface area (Å²) in [5.41, 5.74) is 0.561. The molecule has 2 heterocycles. The second-order valence-corrected chi connectivity index (χ2v) is 13.3. The van der Waals surface area contributed by atoms with Crippen LogP contribution in [-0.2, 0) is 26.0 Å². The Balaban J connectivity index is 1.35. The van der Waals surface area contributed by atoms with Crippen molar-refractivity contribution in [3.8, 4) is 10.4 Å². The lowest BCUT2D eigenvalue weighted by Crippen LogP contribution is -2.47. The second-order valence-electron chi connectivity index (χ2n) is 9.82. The summed E-state index contributed by atoms with van der Waals surface area (Å²) < 4.78 is 29.2. The molecule has 1 aliphatic carbocycles. The summed E-state index contributed by atoms with van der Waals surface area (Å²) in [4.78, 5) is 30.1. The molecule has 0 bridgehead atoms. The fraction of sp³-hybridized carbons (Fsp3) is 0.333. The van der Waals surface area contributed by atoms with Gasteiger partial charge in [0.05, 0.1) is 6.42 Å². The predicted octanol–water partition coefficient (Wildman–Crippen LogP) is 3.67. The van der Waals surface area contributed by atoms with E-state index >= 15 is 0 Å². The van der Waals surface area contributed by atoms with Crippen LogP contribution in [0.4, 0.5) is 0 Å². The van der Waals surface area contributed by atoms with Gasteiger partial charge in [-0.3, -0.25) is 9.59 Å². The maximum Gasteiger partial charge on any atom is 0.325 e. The number of piperazine rings is 1. The Labute approximate surface area is 230 Å². The van der Waals surface area contributed by atoms with Gasteiger partial charge in [-0.25, -0.2) is 8.42 Å². The molecule has 8 nitrogen and oxygen atoms in total. The van der Waals surface area contributed by atoms with Crippen molar-refractivity contribution in [2.24, 2.45) is 0 Å². The molecule has 11 heteroatoms. The van der Waals surface area contributed by atoms with Gasteiger partial charge in [-0.2, -0.15) is 4.72 Å². The van der Waals surface area contributed by atoms with E-state index in [-0.39, 0.29) is 23.0 Å². The van der Waals surface area contributed by atoms with Crippen LogP contribution >= 0.6 is 22.9 Å². The van der Waals surface area contributed by atoms with Crippen LogP contribution in [-0.4, -0.2) is 74.0 Å². The number of carboxylic acid groups (broad SMARTS) is 1. The number of thiophene rings is 1. The van der Waals surface area contributed by atoms with Crippen LogP contribution in [0.3, 0.4) is 0 Å². The quantitative estimate of drug-likeness (QED) is 0.426. The van der Waals surface area contributed by atoms with Crippen molar-refractivity contribution in [3.63, 3.8) is 0 Å². The van der Waals surface area contributed by atoms with E-state index in [0.717, 1.165) is 40.4 Å². The van der Waals surface area contributed by atoms with E-state index in [1.807, 2.05) is 24.1 Å². The minimum atomic E-state index is -4.11. The van der Waals surface area contributed by atoms with E-state index in [4.69, 9.17) is 11.6 Å². The lowest BCUT2D eigenvalue weighted by atomic mass is 9.97. The molecule has 0 radical (unpaired) electrons. The Morgan fingerprint density at radius 1 is 1.05 bits per heavy atom. The molecule has 2 aliphatic rings. The molecule has 1 saturated carbocycles. The molecular weight excluding hydrogens is 546 g/mol. The molecule has 5 rings (SSSR count). The Morgan fingerprint density at radius 3 is 2.42 bits per heavy atom. The van der Waals surface area contributed by atoms with Crippen LogP contribution in [0.1, 0.15) is 23.5 Å². The topological polar surface area (TPSA) is 107 Å². The Morgan fingerprint density at radius 2 is 1.74 bits per heavy atom. The fourth-order valence-corrected chi connectivity index (χ4v) is 7.76. The third-order valence-electron chi connectivity index (χ3n) is 7.26. The number of rotatable bonds is 8. The standard InChI is InChI=1S/C27H28ClN3O5S2/c1-30-12-14-31(15-13-30)24(32)16-19-4-2-3-5-21(19)22-17-27(22,26(33)34)29-38(35,36)25-11-10-23(37-25)18-6-8-20(28)9-7-18/h2-11,22,29H,12-17H2,1H3,(H,33,34)/t22-,27?/m0/s1. The predicted molar refractivity (Wildman–Crippen MR) is 147 cm³/mol. The van der Waals surface area contributed by atoms with Gasteiger partial charge in [-0.1, -0.05) is 48.0 Å². The van der Waals surface area contributed by atoms with Crippen molar-refractivity contribution >= 4 is 44.8 Å². The summed E-state index contributed by atoms with van der Waals surface area (Å²) >= 11 is 7.02. The molecule has 1 aliphatic heterocycles. The van der Waals surface area contributed by atoms with Crippen molar-refractivity contribution in [1.29, 1.82) is 0 Å². The highest BCUT2D eigenvalue weighted by molar-refractivity contribution is 7.91. The Kier molecular flexibility index (Phi) is 7.36. The van der Waals surface area contributed by atoms with Crippen molar-refractivity contribution in [1.82, 2.24) is 14.5 Å². The number of aliphatic carboxylic acids is 1. The highest BCUT2D eigenvalue weighted by Gasteiger charge is 2.64. The first-order chi connectivity index (χ1) is 18.1. The first-order valence-electron chi connectivity index (χ1n) is 12.3. The van der Waals surface area contributed by atoms with Crippen LogP contribution in [0, 0.1) is 0 Å². The zero-order valence-electron chi connectivity index (χ0n) is 20.8. The lowest BCUT2D eigenvalue weighted by molar-refractivity contribution is -0.140. The van der Waals surface area contributed by atoms with E-state index in [1.54, 1.807) is 42.5 Å². The van der Waals surface area contributed by atoms with Gasteiger partial charge in [0.1, 0.15) is 9.75 Å². The summed E-state index contributed by atoms with van der Waals surface area (Å²) in [5, 5.41) is 10.7. The molecule has 2 aromatic carbocycles. The summed E-state index contributed by atoms with van der Waals surface area (Å²) in [6, 6.07) is 17.4. The summed E-state index contributed by atoms with van der Waals surface area (Å²) in [6.45, 7) is 2.92. The number of likely N-dealkylation sites (N-methyl/N-ethyl adjacent to an activating group) is 1. The number of sulfonamides is 1. The maximum absolute atomic E-state index is 13.3. The highest BCUT2D eigenvalue weighted by Crippen LogP contribution is 2.53. The number of nitrogens with one attached hydrogen (secondary N) is 1. The SMILES string of the molecule is CN1CCN(C(=O)Cc2ccccc2[C@@H]2CC2(NS(=O)(=O)c2ccc(-c3ccc(Cl)cc3)s2)C(=O)O)CC1. The number of hydrogen-bond acceptors (Lipinski definition) is 6. The van der Waals surface area contributed by atoms with Gasteiger partial charge in [-0.15, -0.1) is 11.3 Å². The molecule has 1 amide bonds. The first-order valence-corrected chi connectivity index (χ1v) is 14.9. The lowest BCUT2D eigenvalue weighted by Gasteiger charge is -2.32. The molecule has 2 fully saturated rings. The number of hydrogen-bond donors (Lipinski definition) is 2. The molecule has 200 valence electrons. The van der Waals surface area contributed by atoms with Crippen molar-refractivity contribution in [2.75, 3.05) is 33.2 Å². The summed E-state index contributed by atoms with van der Waals surface area (Å²) in [7, 11) is -2.09. The molecule has 1 unspecified atom stereocenters. The van der Waals surface area contributed by atoms with Crippen molar-refractivity contribution in [2.45, 2.75) is 28.5 Å². The third-order valence-corrected chi connectivity index (χ3v) is 10.7. The molecule has 0 spiro atoms. The van der Waals surface area contributed by atoms with Crippen LogP contribution in [0.5, 0.6) is 0 Å². The van der Waals surface area contributed by atoms with Crippen molar-refractivity contribution in [3.05, 3.63) is 76.8 Å². The smallest absolute Gasteiger partial charge is 0.325 e. The molecule has 1 aromatic heterocycles. The number of carbonyl (C=O) groups is 2. The molecule has 2 N–H and O–H groups in total. The Bertz CT molecular complexity index is 1470. The zero-order valence-corrected chi connectivity index (χ0v) is 23.2. The number of benzene rings is 2. The highest BCUT2D eigenvalue weighted by atomic mass is 35.5. The van der Waals surface area contributed by atoms with Gasteiger partial charge in [0.25, 0.3) is 10.0 Å². The van der Waals surface area contributed by atoms with Crippen LogP contribution < -0.4 is 4.72 Å². The summed E-state index contributed by atoms with van der Waals surface area (Å²) in [5.74, 6) is -1.83.